The van der Waals surface area contributed by atoms with Gasteiger partial charge in [0.25, 0.3) is 5.91 Å². The third-order valence-electron chi connectivity index (χ3n) is 2.98. The number of carbonyl (C=O) groups is 2. The molecule has 4 heteroatoms. The second-order valence-electron chi connectivity index (χ2n) is 6.41. The Labute approximate surface area is 126 Å². The summed E-state index contributed by atoms with van der Waals surface area (Å²) in [4.78, 5) is 23.7. The number of nitrogens with one attached hydrogen (secondary N) is 1. The lowest BCUT2D eigenvalue weighted by Gasteiger charge is -2.19. The fourth-order valence-electron chi connectivity index (χ4n) is 1.79. The molecule has 1 rings (SSSR count). The maximum absolute atomic E-state index is 12.0. The van der Waals surface area contributed by atoms with Crippen molar-refractivity contribution in [3.8, 4) is 0 Å². The van der Waals surface area contributed by atoms with Crippen LogP contribution >= 0.6 is 0 Å². The fraction of sp³-hybridized carbons (Fsp3) is 0.529. The van der Waals surface area contributed by atoms with Crippen molar-refractivity contribution in [1.29, 1.82) is 0 Å². The molecule has 1 aromatic carbocycles. The zero-order chi connectivity index (χ0) is 16.0. The normalized spacial score (nSPS) is 12.6. The first-order chi connectivity index (χ1) is 9.71. The second-order valence-corrected chi connectivity index (χ2v) is 6.41. The van der Waals surface area contributed by atoms with E-state index < -0.39 is 6.10 Å². The molecule has 0 bridgehead atoms. The smallest absolute Gasteiger partial charge is 0.307 e. The summed E-state index contributed by atoms with van der Waals surface area (Å²) in [6.07, 6.45) is 0.441. The summed E-state index contributed by atoms with van der Waals surface area (Å²) in [6.45, 7) is 9.51. The van der Waals surface area contributed by atoms with Crippen LogP contribution in [0.15, 0.2) is 24.3 Å². The molecular weight excluding hydrogens is 266 g/mol. The van der Waals surface area contributed by atoms with Gasteiger partial charge in [-0.3, -0.25) is 9.59 Å². The Morgan fingerprint density at radius 2 is 1.76 bits per heavy atom. The van der Waals surface area contributed by atoms with Crippen molar-refractivity contribution in [3.05, 3.63) is 29.8 Å². The van der Waals surface area contributed by atoms with Gasteiger partial charge in [0.05, 0.1) is 6.42 Å². The van der Waals surface area contributed by atoms with E-state index in [9.17, 15) is 9.59 Å². The summed E-state index contributed by atoms with van der Waals surface area (Å²) in [7, 11) is 0. The molecule has 0 aliphatic carbocycles. The maximum Gasteiger partial charge on any atom is 0.307 e. The molecule has 1 atom stereocenters. The zero-order valence-corrected chi connectivity index (χ0v) is 13.5. The summed E-state index contributed by atoms with van der Waals surface area (Å²) in [5.74, 6) is -0.673. The van der Waals surface area contributed by atoms with Gasteiger partial charge < -0.3 is 10.1 Å². The molecule has 1 aromatic rings. The lowest BCUT2D eigenvalue weighted by atomic mass is 9.92. The molecule has 4 nitrogen and oxygen atoms in total. The standard InChI is InChI=1S/C17H25NO3/c1-6-13-7-9-14(10-8-13)18-16(20)12(2)21-15(19)11-17(3,4)5/h7-10,12H,6,11H2,1-5H3,(H,18,20)/t12-/m1/s1. The largest absolute Gasteiger partial charge is 0.453 e. The third-order valence-corrected chi connectivity index (χ3v) is 2.98. The zero-order valence-electron chi connectivity index (χ0n) is 13.5. The van der Waals surface area contributed by atoms with Crippen LogP contribution in [-0.4, -0.2) is 18.0 Å². The Bertz CT molecular complexity index is 486. The summed E-state index contributed by atoms with van der Waals surface area (Å²) < 4.78 is 5.15. The number of benzene rings is 1. The van der Waals surface area contributed by atoms with Gasteiger partial charge in [0.15, 0.2) is 6.10 Å². The van der Waals surface area contributed by atoms with Gasteiger partial charge in [0, 0.05) is 5.69 Å². The number of anilines is 1. The van der Waals surface area contributed by atoms with Gasteiger partial charge in [-0.05, 0) is 36.5 Å². The van der Waals surface area contributed by atoms with Crippen LogP contribution < -0.4 is 5.32 Å². The molecule has 0 aliphatic heterocycles. The number of rotatable bonds is 5. The summed E-state index contributed by atoms with van der Waals surface area (Å²) in [5, 5.41) is 2.75. The fourth-order valence-corrected chi connectivity index (χ4v) is 1.79. The number of hydrogen-bond donors (Lipinski definition) is 1. The van der Waals surface area contributed by atoms with Crippen LogP contribution in [0.4, 0.5) is 5.69 Å². The average molecular weight is 291 g/mol. The van der Waals surface area contributed by atoms with Crippen molar-refractivity contribution in [2.75, 3.05) is 5.32 Å². The first kappa shape index (κ1) is 17.2. The van der Waals surface area contributed by atoms with Gasteiger partial charge >= 0.3 is 5.97 Å². The molecule has 0 aliphatic rings. The van der Waals surface area contributed by atoms with Gasteiger partial charge in [-0.25, -0.2) is 0 Å². The quantitative estimate of drug-likeness (QED) is 0.844. The molecule has 0 aromatic heterocycles. The third kappa shape index (κ3) is 6.43. The molecule has 1 amide bonds. The molecule has 0 unspecified atom stereocenters. The minimum atomic E-state index is -0.800. The van der Waals surface area contributed by atoms with Gasteiger partial charge in [0.2, 0.25) is 0 Å². The topological polar surface area (TPSA) is 55.4 Å². The monoisotopic (exact) mass is 291 g/mol. The SMILES string of the molecule is CCc1ccc(NC(=O)[C@@H](C)OC(=O)CC(C)(C)C)cc1. The Balaban J connectivity index is 2.52. The predicted octanol–water partition coefficient (Wildman–Crippen LogP) is 3.56. The number of amides is 1. The Kier molecular flexibility index (Phi) is 5.94. The second kappa shape index (κ2) is 7.25. The van der Waals surface area contributed by atoms with Crippen LogP contribution in [-0.2, 0) is 20.7 Å². The van der Waals surface area contributed by atoms with E-state index in [4.69, 9.17) is 4.74 Å². The van der Waals surface area contributed by atoms with E-state index in [0.717, 1.165) is 6.42 Å². The van der Waals surface area contributed by atoms with E-state index in [1.165, 1.54) is 5.56 Å². The van der Waals surface area contributed by atoms with Crippen LogP contribution in [0.25, 0.3) is 0 Å². The minimum absolute atomic E-state index is 0.150. The van der Waals surface area contributed by atoms with E-state index >= 15 is 0 Å². The number of carbonyl (C=O) groups excluding carboxylic acids is 2. The molecule has 0 fully saturated rings. The van der Waals surface area contributed by atoms with Crippen molar-refractivity contribution in [2.24, 2.45) is 5.41 Å². The van der Waals surface area contributed by atoms with Crippen LogP contribution in [0.5, 0.6) is 0 Å². The Hall–Kier alpha value is -1.84. The first-order valence-electron chi connectivity index (χ1n) is 7.30. The highest BCUT2D eigenvalue weighted by molar-refractivity contribution is 5.95. The van der Waals surface area contributed by atoms with E-state index in [1.54, 1.807) is 6.92 Å². The number of aryl methyl sites for hydroxylation is 1. The summed E-state index contributed by atoms with van der Waals surface area (Å²) in [6, 6.07) is 7.62. The highest BCUT2D eigenvalue weighted by Crippen LogP contribution is 2.19. The molecule has 0 radical (unpaired) electrons. The predicted molar refractivity (Wildman–Crippen MR) is 84.1 cm³/mol. The van der Waals surface area contributed by atoms with Crippen molar-refractivity contribution in [1.82, 2.24) is 0 Å². The maximum atomic E-state index is 12.0. The van der Waals surface area contributed by atoms with Crippen molar-refractivity contribution < 1.29 is 14.3 Å². The van der Waals surface area contributed by atoms with Crippen LogP contribution in [0.3, 0.4) is 0 Å². The number of ether oxygens (including phenoxy) is 1. The van der Waals surface area contributed by atoms with E-state index in [0.29, 0.717) is 5.69 Å². The van der Waals surface area contributed by atoms with Crippen LogP contribution in [0.2, 0.25) is 0 Å². The molecule has 116 valence electrons. The van der Waals surface area contributed by atoms with Gasteiger partial charge in [-0.15, -0.1) is 0 Å². The summed E-state index contributed by atoms with van der Waals surface area (Å²) >= 11 is 0. The highest BCUT2D eigenvalue weighted by atomic mass is 16.5. The van der Waals surface area contributed by atoms with Gasteiger partial charge in [0.1, 0.15) is 0 Å². The number of esters is 1. The number of hydrogen-bond acceptors (Lipinski definition) is 3. The Morgan fingerprint density at radius 1 is 1.19 bits per heavy atom. The van der Waals surface area contributed by atoms with E-state index in [-0.39, 0.29) is 23.7 Å². The minimum Gasteiger partial charge on any atom is -0.453 e. The Morgan fingerprint density at radius 3 is 2.24 bits per heavy atom. The molecule has 0 heterocycles. The van der Waals surface area contributed by atoms with Gasteiger partial charge in [-0.2, -0.15) is 0 Å². The lowest BCUT2D eigenvalue weighted by molar-refractivity contribution is -0.154. The molecule has 0 spiro atoms. The molecule has 0 saturated heterocycles. The molecular formula is C17H25NO3. The highest BCUT2D eigenvalue weighted by Gasteiger charge is 2.22. The summed E-state index contributed by atoms with van der Waals surface area (Å²) in [5.41, 5.74) is 1.76. The van der Waals surface area contributed by atoms with Gasteiger partial charge in [-0.1, -0.05) is 39.8 Å². The first-order valence-corrected chi connectivity index (χ1v) is 7.30. The van der Waals surface area contributed by atoms with E-state index in [2.05, 4.69) is 12.2 Å². The molecule has 21 heavy (non-hydrogen) atoms. The molecule has 1 N–H and O–H groups in total. The average Bonchev–Trinajstić information content (AvgIpc) is 2.37. The van der Waals surface area contributed by atoms with Crippen LogP contribution in [0, 0.1) is 5.41 Å². The molecule has 0 saturated carbocycles. The van der Waals surface area contributed by atoms with Crippen LogP contribution in [0.1, 0.15) is 46.6 Å². The van der Waals surface area contributed by atoms with Crippen molar-refractivity contribution >= 4 is 17.6 Å². The van der Waals surface area contributed by atoms with Crippen molar-refractivity contribution in [3.63, 3.8) is 0 Å². The van der Waals surface area contributed by atoms with E-state index in [1.807, 2.05) is 45.0 Å². The lowest BCUT2D eigenvalue weighted by Crippen LogP contribution is -2.31. The van der Waals surface area contributed by atoms with Crippen molar-refractivity contribution in [2.45, 2.75) is 53.6 Å².